The molecule has 0 bridgehead atoms. The molecule has 1 aromatic rings. The molecule has 0 saturated carbocycles. The minimum absolute atomic E-state index is 0.233. The van der Waals surface area contributed by atoms with Gasteiger partial charge in [-0.3, -0.25) is 4.99 Å². The second-order valence-corrected chi connectivity index (χ2v) is 6.99. The number of allylic oxidation sites excluding steroid dienone is 4. The molecule has 0 amide bonds. The molecule has 1 aromatic carbocycles. The topological polar surface area (TPSA) is 54.9 Å². The Kier molecular flexibility index (Phi) is 6.58. The summed E-state index contributed by atoms with van der Waals surface area (Å²) in [6.07, 6.45) is 7.46. The lowest BCUT2D eigenvalue weighted by atomic mass is 9.86. The average Bonchev–Trinajstić information content (AvgIpc) is 2.68. The van der Waals surface area contributed by atoms with Gasteiger partial charge in [-0.15, -0.1) is 0 Å². The molecular formula is C21H26ClN3O2. The first-order valence-corrected chi connectivity index (χ1v) is 9.57. The number of aliphatic imine (C=N–C) groups is 1. The molecule has 2 N–H and O–H groups in total. The lowest BCUT2D eigenvalue weighted by Crippen LogP contribution is -2.62. The van der Waals surface area contributed by atoms with Gasteiger partial charge in [0.25, 0.3) is 0 Å². The summed E-state index contributed by atoms with van der Waals surface area (Å²) in [7, 11) is 0. The smallest absolute Gasteiger partial charge is 0.137 e. The van der Waals surface area contributed by atoms with Gasteiger partial charge in [-0.1, -0.05) is 42.5 Å². The van der Waals surface area contributed by atoms with Crippen LogP contribution in [0.2, 0.25) is 5.02 Å². The summed E-state index contributed by atoms with van der Waals surface area (Å²) in [5.41, 5.74) is 1.86. The Bertz CT molecular complexity index is 764. The first-order valence-electron chi connectivity index (χ1n) is 9.20. The molecule has 1 fully saturated rings. The van der Waals surface area contributed by atoms with Crippen LogP contribution in [0.25, 0.3) is 0 Å². The summed E-state index contributed by atoms with van der Waals surface area (Å²) >= 11 is 6.13. The van der Waals surface area contributed by atoms with Crippen molar-refractivity contribution in [3.63, 3.8) is 0 Å². The van der Waals surface area contributed by atoms with E-state index in [1.165, 1.54) is 0 Å². The second kappa shape index (κ2) is 9.11. The van der Waals surface area contributed by atoms with Gasteiger partial charge in [0.2, 0.25) is 0 Å². The van der Waals surface area contributed by atoms with Crippen molar-refractivity contribution in [1.82, 2.24) is 10.6 Å². The molecule has 0 unspecified atom stereocenters. The highest BCUT2D eigenvalue weighted by molar-refractivity contribution is 6.32. The number of nitrogens with zero attached hydrogens (tertiary/aromatic N) is 1. The van der Waals surface area contributed by atoms with Crippen LogP contribution in [0.3, 0.4) is 0 Å². The van der Waals surface area contributed by atoms with Gasteiger partial charge in [0.1, 0.15) is 18.2 Å². The maximum atomic E-state index is 6.13. The Morgan fingerprint density at radius 1 is 1.33 bits per heavy atom. The van der Waals surface area contributed by atoms with Gasteiger partial charge in [0.05, 0.1) is 22.8 Å². The Balaban J connectivity index is 1.72. The Morgan fingerprint density at radius 3 is 2.85 bits per heavy atom. The molecule has 0 atom stereocenters. The summed E-state index contributed by atoms with van der Waals surface area (Å²) < 4.78 is 11.3. The predicted molar refractivity (Wildman–Crippen MR) is 110 cm³/mol. The van der Waals surface area contributed by atoms with Crippen LogP contribution in [-0.2, 0) is 4.74 Å². The van der Waals surface area contributed by atoms with Gasteiger partial charge in [0, 0.05) is 31.8 Å². The molecule has 1 saturated heterocycles. The molecule has 0 aromatic heterocycles. The van der Waals surface area contributed by atoms with Crippen LogP contribution in [0.15, 0.2) is 65.5 Å². The SMILES string of the molecule is C=C/C=C\C1=C(C)NC(=NCCOc2ccccc2Cl)C2(CCOCC2)N1. The van der Waals surface area contributed by atoms with E-state index in [0.717, 1.165) is 30.1 Å². The van der Waals surface area contributed by atoms with E-state index >= 15 is 0 Å². The van der Waals surface area contributed by atoms with Crippen molar-refractivity contribution in [3.8, 4) is 5.75 Å². The molecular weight excluding hydrogens is 362 g/mol. The molecule has 2 aliphatic rings. The number of para-hydroxylation sites is 1. The standard InChI is InChI=1S/C21H26ClN3O2/c1-3-4-8-18-16(2)24-20(21(25-18)10-13-26-14-11-21)23-12-15-27-19-9-6-5-7-17(19)22/h3-9,25H,1,10-15H2,2H3,(H,23,24)/b8-4-. The monoisotopic (exact) mass is 387 g/mol. The second-order valence-electron chi connectivity index (χ2n) is 6.59. The van der Waals surface area contributed by atoms with E-state index in [2.05, 4.69) is 17.2 Å². The summed E-state index contributed by atoms with van der Waals surface area (Å²) in [6, 6.07) is 7.47. The van der Waals surface area contributed by atoms with Gasteiger partial charge < -0.3 is 20.1 Å². The fourth-order valence-corrected chi connectivity index (χ4v) is 3.44. The van der Waals surface area contributed by atoms with Crippen molar-refractivity contribution in [2.75, 3.05) is 26.4 Å². The Hall–Kier alpha value is -2.24. The normalized spacial score (nSPS) is 20.6. The van der Waals surface area contributed by atoms with E-state index in [9.17, 15) is 0 Å². The number of hydrogen-bond acceptors (Lipinski definition) is 4. The highest BCUT2D eigenvalue weighted by Crippen LogP contribution is 2.28. The van der Waals surface area contributed by atoms with Gasteiger partial charge in [-0.2, -0.15) is 0 Å². The van der Waals surface area contributed by atoms with E-state index in [0.29, 0.717) is 37.1 Å². The van der Waals surface area contributed by atoms with Crippen molar-refractivity contribution in [2.24, 2.45) is 4.99 Å². The molecule has 5 nitrogen and oxygen atoms in total. The predicted octanol–water partition coefficient (Wildman–Crippen LogP) is 3.83. The van der Waals surface area contributed by atoms with E-state index in [1.54, 1.807) is 6.08 Å². The molecule has 2 aliphatic heterocycles. The number of halogens is 1. The third-order valence-corrected chi connectivity index (χ3v) is 5.05. The number of benzene rings is 1. The molecule has 3 rings (SSSR count). The molecule has 0 radical (unpaired) electrons. The minimum Gasteiger partial charge on any atom is -0.490 e. The lowest BCUT2D eigenvalue weighted by molar-refractivity contribution is 0.0631. The van der Waals surface area contributed by atoms with Crippen molar-refractivity contribution in [2.45, 2.75) is 25.3 Å². The summed E-state index contributed by atoms with van der Waals surface area (Å²) in [6.45, 7) is 8.21. The van der Waals surface area contributed by atoms with Crippen LogP contribution in [0.5, 0.6) is 5.75 Å². The van der Waals surface area contributed by atoms with E-state index in [-0.39, 0.29) is 5.54 Å². The molecule has 6 heteroatoms. The summed E-state index contributed by atoms with van der Waals surface area (Å²) in [5, 5.41) is 7.78. The van der Waals surface area contributed by atoms with Gasteiger partial charge in [-0.05, 0) is 25.1 Å². The van der Waals surface area contributed by atoms with Crippen molar-refractivity contribution < 1.29 is 9.47 Å². The van der Waals surface area contributed by atoms with Crippen LogP contribution in [0, 0.1) is 0 Å². The third-order valence-electron chi connectivity index (χ3n) is 4.74. The molecule has 0 aliphatic carbocycles. The van der Waals surface area contributed by atoms with Crippen LogP contribution >= 0.6 is 11.6 Å². The van der Waals surface area contributed by atoms with Crippen LogP contribution in [-0.4, -0.2) is 37.7 Å². The summed E-state index contributed by atoms with van der Waals surface area (Å²) in [5.74, 6) is 1.63. The quantitative estimate of drug-likeness (QED) is 0.575. The third kappa shape index (κ3) is 4.73. The van der Waals surface area contributed by atoms with E-state index < -0.39 is 0 Å². The summed E-state index contributed by atoms with van der Waals surface area (Å²) in [4.78, 5) is 4.81. The first kappa shape index (κ1) is 19.5. The number of amidine groups is 1. The highest BCUT2D eigenvalue weighted by Gasteiger charge is 2.41. The minimum atomic E-state index is -0.233. The zero-order chi connectivity index (χ0) is 19.1. The van der Waals surface area contributed by atoms with Crippen molar-refractivity contribution in [1.29, 1.82) is 0 Å². The number of rotatable bonds is 6. The molecule has 144 valence electrons. The Labute approximate surface area is 165 Å². The zero-order valence-corrected chi connectivity index (χ0v) is 16.4. The van der Waals surface area contributed by atoms with Crippen molar-refractivity contribution in [3.05, 3.63) is 65.5 Å². The molecule has 1 spiro atoms. The number of nitrogens with one attached hydrogen (secondary N) is 2. The highest BCUT2D eigenvalue weighted by atomic mass is 35.5. The van der Waals surface area contributed by atoms with Gasteiger partial charge in [0.15, 0.2) is 0 Å². The zero-order valence-electron chi connectivity index (χ0n) is 15.6. The molecule has 27 heavy (non-hydrogen) atoms. The van der Waals surface area contributed by atoms with Gasteiger partial charge >= 0.3 is 0 Å². The molecule has 2 heterocycles. The first-order chi connectivity index (χ1) is 13.1. The lowest BCUT2D eigenvalue weighted by Gasteiger charge is -2.43. The number of hydrogen-bond donors (Lipinski definition) is 2. The average molecular weight is 388 g/mol. The Morgan fingerprint density at radius 2 is 2.11 bits per heavy atom. The largest absolute Gasteiger partial charge is 0.490 e. The van der Waals surface area contributed by atoms with Crippen molar-refractivity contribution >= 4 is 17.4 Å². The van der Waals surface area contributed by atoms with Crippen LogP contribution in [0.1, 0.15) is 19.8 Å². The van der Waals surface area contributed by atoms with Crippen LogP contribution < -0.4 is 15.4 Å². The fraction of sp³-hybridized carbons (Fsp3) is 0.381. The fourth-order valence-electron chi connectivity index (χ4n) is 3.25. The van der Waals surface area contributed by atoms with E-state index in [1.807, 2.05) is 43.3 Å². The van der Waals surface area contributed by atoms with E-state index in [4.69, 9.17) is 26.1 Å². The van der Waals surface area contributed by atoms with Gasteiger partial charge in [-0.25, -0.2) is 0 Å². The number of ether oxygens (including phenoxy) is 2. The maximum absolute atomic E-state index is 6.13. The van der Waals surface area contributed by atoms with Crippen LogP contribution in [0.4, 0.5) is 0 Å². The maximum Gasteiger partial charge on any atom is 0.137 e.